The number of nitrogens with zero attached hydrogens (tertiary/aromatic N) is 3. The highest BCUT2D eigenvalue weighted by molar-refractivity contribution is 5.95. The Morgan fingerprint density at radius 1 is 0.931 bits per heavy atom. The third-order valence-corrected chi connectivity index (χ3v) is 3.79. The minimum atomic E-state index is -4.59. The first-order valence-electron chi connectivity index (χ1n) is 8.62. The first-order valence-corrected chi connectivity index (χ1v) is 8.62. The van der Waals surface area contributed by atoms with Crippen molar-refractivity contribution in [3.8, 4) is 0 Å². The molecule has 0 saturated carbocycles. The summed E-state index contributed by atoms with van der Waals surface area (Å²) < 4.78 is 38.9. The van der Waals surface area contributed by atoms with Crippen molar-refractivity contribution in [2.24, 2.45) is 0 Å². The Morgan fingerprint density at radius 2 is 1.69 bits per heavy atom. The average Bonchev–Trinajstić information content (AvgIpc) is 2.72. The van der Waals surface area contributed by atoms with Crippen molar-refractivity contribution in [1.82, 2.24) is 20.5 Å². The van der Waals surface area contributed by atoms with Crippen molar-refractivity contribution in [2.45, 2.75) is 6.18 Å². The normalized spacial score (nSPS) is 11.0. The minimum absolute atomic E-state index is 0.113. The van der Waals surface area contributed by atoms with E-state index in [2.05, 4.69) is 31.1 Å². The molecule has 3 rings (SSSR count). The van der Waals surface area contributed by atoms with Gasteiger partial charge in [-0.1, -0.05) is 12.1 Å². The molecule has 0 atom stereocenters. The predicted octanol–water partition coefficient (Wildman–Crippen LogP) is 3.48. The molecular weight excluding hydrogens is 385 g/mol. The first-order chi connectivity index (χ1) is 13.9. The maximum atomic E-state index is 13.0. The molecule has 29 heavy (non-hydrogen) atoms. The Morgan fingerprint density at radius 3 is 2.38 bits per heavy atom. The molecule has 1 amide bonds. The van der Waals surface area contributed by atoms with E-state index in [0.717, 1.165) is 17.8 Å². The zero-order valence-corrected chi connectivity index (χ0v) is 15.1. The number of rotatable bonds is 7. The van der Waals surface area contributed by atoms with Crippen molar-refractivity contribution in [3.63, 3.8) is 0 Å². The van der Waals surface area contributed by atoms with Crippen LogP contribution < -0.4 is 16.0 Å². The molecule has 1 aromatic carbocycles. The van der Waals surface area contributed by atoms with Crippen LogP contribution in [0.1, 0.15) is 15.9 Å². The van der Waals surface area contributed by atoms with Gasteiger partial charge in [0.15, 0.2) is 5.82 Å². The van der Waals surface area contributed by atoms with Gasteiger partial charge in [0, 0.05) is 19.3 Å². The molecule has 0 fully saturated rings. The standard InChI is InChI=1S/C19H17F3N6O/c20-19(21,22)15-6-2-1-5-14(15)18(29)25-11-10-24-16-7-8-17(28-27-16)26-13-4-3-9-23-12-13/h1-9,12H,10-11H2,(H,24,27)(H,25,29)(H,26,28). The Hall–Kier alpha value is -3.69. The van der Waals surface area contributed by atoms with Crippen LogP contribution in [0.3, 0.4) is 0 Å². The number of amides is 1. The number of benzene rings is 1. The molecule has 0 saturated heterocycles. The van der Waals surface area contributed by atoms with Crippen molar-refractivity contribution >= 4 is 23.2 Å². The summed E-state index contributed by atoms with van der Waals surface area (Å²) in [6.07, 6.45) is -1.29. The number of halogens is 3. The molecule has 2 aromatic heterocycles. The lowest BCUT2D eigenvalue weighted by atomic mass is 10.1. The molecular formula is C19H17F3N6O. The minimum Gasteiger partial charge on any atom is -0.367 e. The summed E-state index contributed by atoms with van der Waals surface area (Å²) in [5, 5.41) is 16.4. The lowest BCUT2D eigenvalue weighted by molar-refractivity contribution is -0.137. The number of anilines is 3. The summed E-state index contributed by atoms with van der Waals surface area (Å²) in [4.78, 5) is 16.0. The van der Waals surface area contributed by atoms with Crippen LogP contribution in [0.2, 0.25) is 0 Å². The molecule has 150 valence electrons. The van der Waals surface area contributed by atoms with Gasteiger partial charge in [-0.2, -0.15) is 13.2 Å². The van der Waals surface area contributed by atoms with Gasteiger partial charge >= 0.3 is 6.18 Å². The van der Waals surface area contributed by atoms with Crippen LogP contribution in [-0.2, 0) is 6.18 Å². The lowest BCUT2D eigenvalue weighted by Gasteiger charge is -2.13. The highest BCUT2D eigenvalue weighted by Gasteiger charge is 2.34. The van der Waals surface area contributed by atoms with Gasteiger partial charge in [0.2, 0.25) is 0 Å². The van der Waals surface area contributed by atoms with Crippen LogP contribution in [0, 0.1) is 0 Å². The number of carbonyl (C=O) groups excluding carboxylic acids is 1. The number of nitrogens with one attached hydrogen (secondary N) is 3. The fourth-order valence-corrected chi connectivity index (χ4v) is 2.47. The maximum absolute atomic E-state index is 13.0. The highest BCUT2D eigenvalue weighted by atomic mass is 19.4. The van der Waals surface area contributed by atoms with Gasteiger partial charge < -0.3 is 16.0 Å². The molecule has 7 nitrogen and oxygen atoms in total. The number of hydrogen-bond donors (Lipinski definition) is 3. The lowest BCUT2D eigenvalue weighted by Crippen LogP contribution is -2.30. The van der Waals surface area contributed by atoms with E-state index in [4.69, 9.17) is 0 Å². The number of carbonyl (C=O) groups is 1. The van der Waals surface area contributed by atoms with Gasteiger partial charge in [-0.15, -0.1) is 10.2 Å². The van der Waals surface area contributed by atoms with Crippen LogP contribution in [0.4, 0.5) is 30.5 Å². The second kappa shape index (κ2) is 9.00. The monoisotopic (exact) mass is 402 g/mol. The van der Waals surface area contributed by atoms with Gasteiger partial charge in [-0.05, 0) is 36.4 Å². The van der Waals surface area contributed by atoms with Gasteiger partial charge in [0.1, 0.15) is 5.82 Å². The van der Waals surface area contributed by atoms with E-state index in [1.807, 2.05) is 6.07 Å². The molecule has 10 heteroatoms. The van der Waals surface area contributed by atoms with Crippen LogP contribution in [0.25, 0.3) is 0 Å². The topological polar surface area (TPSA) is 91.8 Å². The van der Waals surface area contributed by atoms with Crippen molar-refractivity contribution in [2.75, 3.05) is 23.7 Å². The number of alkyl halides is 3. The molecule has 0 spiro atoms. The van der Waals surface area contributed by atoms with Crippen LogP contribution >= 0.6 is 0 Å². The Bertz CT molecular complexity index is 948. The van der Waals surface area contributed by atoms with E-state index in [9.17, 15) is 18.0 Å². The maximum Gasteiger partial charge on any atom is 0.417 e. The summed E-state index contributed by atoms with van der Waals surface area (Å²) in [5.74, 6) is 0.203. The zero-order chi connectivity index (χ0) is 20.7. The van der Waals surface area contributed by atoms with Gasteiger partial charge in [-0.3, -0.25) is 9.78 Å². The molecule has 0 unspecified atom stereocenters. The molecule has 3 aromatic rings. The quantitative estimate of drug-likeness (QED) is 0.524. The summed E-state index contributed by atoms with van der Waals surface area (Å²) in [6.45, 7) is 0.381. The molecule has 2 heterocycles. The Balaban J connectivity index is 1.48. The average molecular weight is 402 g/mol. The third kappa shape index (κ3) is 5.64. The smallest absolute Gasteiger partial charge is 0.367 e. The largest absolute Gasteiger partial charge is 0.417 e. The summed E-state index contributed by atoms with van der Waals surface area (Å²) in [5.41, 5.74) is -0.608. The van der Waals surface area contributed by atoms with E-state index >= 15 is 0 Å². The molecule has 0 aliphatic heterocycles. The van der Waals surface area contributed by atoms with Crippen LogP contribution in [0.15, 0.2) is 60.9 Å². The van der Waals surface area contributed by atoms with E-state index in [1.165, 1.54) is 12.1 Å². The van der Waals surface area contributed by atoms with Gasteiger partial charge in [0.05, 0.1) is 23.0 Å². The zero-order valence-electron chi connectivity index (χ0n) is 15.1. The SMILES string of the molecule is O=C(NCCNc1ccc(Nc2cccnc2)nn1)c1ccccc1C(F)(F)F. The second-order valence-corrected chi connectivity index (χ2v) is 5.90. The first kappa shape index (κ1) is 20.1. The third-order valence-electron chi connectivity index (χ3n) is 3.79. The predicted molar refractivity (Wildman–Crippen MR) is 102 cm³/mol. The fraction of sp³-hybridized carbons (Fsp3) is 0.158. The van der Waals surface area contributed by atoms with E-state index < -0.39 is 23.2 Å². The summed E-state index contributed by atoms with van der Waals surface area (Å²) in [6, 6.07) is 11.7. The van der Waals surface area contributed by atoms with E-state index in [-0.39, 0.29) is 13.1 Å². The fourth-order valence-electron chi connectivity index (χ4n) is 2.47. The summed E-state index contributed by atoms with van der Waals surface area (Å²) >= 11 is 0. The number of hydrogen-bond acceptors (Lipinski definition) is 6. The second-order valence-electron chi connectivity index (χ2n) is 5.90. The molecule has 0 aliphatic rings. The van der Waals surface area contributed by atoms with Crippen LogP contribution in [0.5, 0.6) is 0 Å². The van der Waals surface area contributed by atoms with Crippen molar-refractivity contribution < 1.29 is 18.0 Å². The molecule has 0 aliphatic carbocycles. The van der Waals surface area contributed by atoms with Crippen molar-refractivity contribution in [3.05, 3.63) is 72.1 Å². The Labute approximate surface area is 164 Å². The number of aromatic nitrogens is 3. The molecule has 3 N–H and O–H groups in total. The number of pyridine rings is 1. The van der Waals surface area contributed by atoms with Crippen LogP contribution in [-0.4, -0.2) is 34.2 Å². The summed E-state index contributed by atoms with van der Waals surface area (Å²) in [7, 11) is 0. The Kier molecular flexibility index (Phi) is 6.22. The molecule has 0 radical (unpaired) electrons. The van der Waals surface area contributed by atoms with Crippen molar-refractivity contribution in [1.29, 1.82) is 0 Å². The van der Waals surface area contributed by atoms with E-state index in [0.29, 0.717) is 11.6 Å². The highest BCUT2D eigenvalue weighted by Crippen LogP contribution is 2.31. The van der Waals surface area contributed by atoms with E-state index in [1.54, 1.807) is 30.6 Å². The van der Waals surface area contributed by atoms with Gasteiger partial charge in [-0.25, -0.2) is 0 Å². The van der Waals surface area contributed by atoms with Gasteiger partial charge in [0.25, 0.3) is 5.91 Å². The molecule has 0 bridgehead atoms.